The molecule has 1 aromatic carbocycles. The average molecular weight is 366 g/mol. The number of carbonyl (C=O) groups excluding carboxylic acids is 1. The Bertz CT molecular complexity index is 883. The van der Waals surface area contributed by atoms with Gasteiger partial charge in [-0.2, -0.15) is 4.31 Å². The molecule has 1 aromatic heterocycles. The number of aryl methyl sites for hydroxylation is 1. The fourth-order valence-corrected chi connectivity index (χ4v) is 4.24. The number of urea groups is 1. The summed E-state index contributed by atoms with van der Waals surface area (Å²) >= 11 is 0. The molecule has 1 aliphatic heterocycles. The monoisotopic (exact) mass is 366 g/mol. The van der Waals surface area contributed by atoms with Gasteiger partial charge in [0.15, 0.2) is 11.5 Å². The normalized spacial score (nSPS) is 16.6. The maximum absolute atomic E-state index is 12.8. The van der Waals surface area contributed by atoms with Gasteiger partial charge < -0.3 is 14.6 Å². The molecule has 1 aliphatic rings. The predicted molar refractivity (Wildman–Crippen MR) is 92.7 cm³/mol. The van der Waals surface area contributed by atoms with E-state index in [0.29, 0.717) is 30.1 Å². The van der Waals surface area contributed by atoms with Gasteiger partial charge in [-0.15, -0.1) is 0 Å². The van der Waals surface area contributed by atoms with Crippen LogP contribution in [0.5, 0.6) is 0 Å². The summed E-state index contributed by atoms with van der Waals surface area (Å²) in [7, 11) is -3.62. The molecule has 136 valence electrons. The molecule has 0 unspecified atom stereocenters. The molecule has 9 heteroatoms. The summed E-state index contributed by atoms with van der Waals surface area (Å²) in [5.41, 5.74) is 1.08. The van der Waals surface area contributed by atoms with Crippen molar-refractivity contribution >= 4 is 27.2 Å². The van der Waals surface area contributed by atoms with Crippen molar-refractivity contribution in [2.24, 2.45) is 0 Å². The Morgan fingerprint density at radius 3 is 2.56 bits per heavy atom. The van der Waals surface area contributed by atoms with Crippen LogP contribution in [0, 0.1) is 6.92 Å². The molecule has 1 N–H and O–H groups in total. The predicted octanol–water partition coefficient (Wildman–Crippen LogP) is 1.56. The Balaban J connectivity index is 1.73. The molecular formula is C16H22N4O4S. The van der Waals surface area contributed by atoms with E-state index in [9.17, 15) is 13.2 Å². The van der Waals surface area contributed by atoms with E-state index >= 15 is 0 Å². The first-order chi connectivity index (χ1) is 11.8. The van der Waals surface area contributed by atoms with Crippen LogP contribution in [0.1, 0.15) is 19.7 Å². The number of sulfonamides is 1. The molecule has 2 amide bonds. The minimum absolute atomic E-state index is 0.0481. The highest BCUT2D eigenvalue weighted by molar-refractivity contribution is 7.89. The largest absolute Gasteiger partial charge is 0.441 e. The van der Waals surface area contributed by atoms with Crippen molar-refractivity contribution in [3.8, 4) is 0 Å². The molecular weight excluding hydrogens is 344 g/mol. The molecule has 8 nitrogen and oxygen atoms in total. The number of carbonyl (C=O) groups is 1. The van der Waals surface area contributed by atoms with Gasteiger partial charge in [-0.1, -0.05) is 0 Å². The Kier molecular flexibility index (Phi) is 4.70. The molecule has 0 aliphatic carbocycles. The molecule has 1 fully saturated rings. The number of oxazole rings is 1. The lowest BCUT2D eigenvalue weighted by Crippen LogP contribution is -2.53. The third-order valence-corrected chi connectivity index (χ3v) is 5.94. The van der Waals surface area contributed by atoms with E-state index in [2.05, 4.69) is 10.3 Å². The summed E-state index contributed by atoms with van der Waals surface area (Å²) in [6.07, 6.45) is 0. The minimum atomic E-state index is -3.62. The summed E-state index contributed by atoms with van der Waals surface area (Å²) in [6.45, 7) is 6.76. The number of piperazine rings is 1. The number of nitrogens with zero attached hydrogens (tertiary/aromatic N) is 3. The van der Waals surface area contributed by atoms with E-state index < -0.39 is 10.0 Å². The Labute approximate surface area is 146 Å². The van der Waals surface area contributed by atoms with Crippen molar-refractivity contribution in [1.29, 1.82) is 0 Å². The zero-order valence-electron chi connectivity index (χ0n) is 14.5. The van der Waals surface area contributed by atoms with Crippen LogP contribution in [0.3, 0.4) is 0 Å². The van der Waals surface area contributed by atoms with Crippen LogP contribution in [-0.4, -0.2) is 60.9 Å². The fraction of sp³-hybridized carbons (Fsp3) is 0.500. The fourth-order valence-electron chi connectivity index (χ4n) is 2.80. The van der Waals surface area contributed by atoms with Crippen LogP contribution in [0.2, 0.25) is 0 Å². The van der Waals surface area contributed by atoms with Crippen molar-refractivity contribution in [3.05, 3.63) is 24.1 Å². The van der Waals surface area contributed by atoms with E-state index in [1.807, 2.05) is 13.8 Å². The van der Waals surface area contributed by atoms with Crippen molar-refractivity contribution in [1.82, 2.24) is 19.5 Å². The van der Waals surface area contributed by atoms with Crippen molar-refractivity contribution in [3.63, 3.8) is 0 Å². The molecule has 1 saturated heterocycles. The van der Waals surface area contributed by atoms with Gasteiger partial charge in [0, 0.05) is 39.1 Å². The number of benzene rings is 1. The van der Waals surface area contributed by atoms with E-state index in [1.165, 1.54) is 16.4 Å². The number of aromatic nitrogens is 1. The van der Waals surface area contributed by atoms with Gasteiger partial charge in [0.1, 0.15) is 5.52 Å². The zero-order chi connectivity index (χ0) is 18.2. The number of hydrogen-bond donors (Lipinski definition) is 1. The molecule has 0 saturated carbocycles. The van der Waals surface area contributed by atoms with Gasteiger partial charge in [-0.3, -0.25) is 0 Å². The molecule has 2 heterocycles. The second kappa shape index (κ2) is 6.64. The van der Waals surface area contributed by atoms with Crippen LogP contribution < -0.4 is 5.32 Å². The van der Waals surface area contributed by atoms with Gasteiger partial charge in [0.2, 0.25) is 10.0 Å². The molecule has 0 radical (unpaired) electrons. The van der Waals surface area contributed by atoms with E-state index in [1.54, 1.807) is 17.9 Å². The van der Waals surface area contributed by atoms with E-state index in [-0.39, 0.29) is 30.1 Å². The third kappa shape index (κ3) is 3.62. The third-order valence-electron chi connectivity index (χ3n) is 4.04. The summed E-state index contributed by atoms with van der Waals surface area (Å²) in [6, 6.07) is 4.56. The summed E-state index contributed by atoms with van der Waals surface area (Å²) in [4.78, 5) is 18.0. The second-order valence-electron chi connectivity index (χ2n) is 6.36. The number of nitrogens with one attached hydrogen (secondary N) is 1. The van der Waals surface area contributed by atoms with E-state index in [4.69, 9.17) is 4.42 Å². The molecule has 0 spiro atoms. The minimum Gasteiger partial charge on any atom is -0.441 e. The molecule has 3 rings (SSSR count). The highest BCUT2D eigenvalue weighted by atomic mass is 32.2. The van der Waals surface area contributed by atoms with Crippen molar-refractivity contribution in [2.75, 3.05) is 26.2 Å². The van der Waals surface area contributed by atoms with Crippen LogP contribution in [0.25, 0.3) is 11.1 Å². The van der Waals surface area contributed by atoms with Gasteiger partial charge in [-0.05, 0) is 32.0 Å². The molecule has 0 atom stereocenters. The topological polar surface area (TPSA) is 95.8 Å². The first-order valence-corrected chi connectivity index (χ1v) is 9.64. The number of hydrogen-bond acceptors (Lipinski definition) is 5. The Morgan fingerprint density at radius 1 is 1.24 bits per heavy atom. The van der Waals surface area contributed by atoms with Crippen LogP contribution in [-0.2, 0) is 10.0 Å². The smallest absolute Gasteiger partial charge is 0.317 e. The van der Waals surface area contributed by atoms with Gasteiger partial charge >= 0.3 is 6.03 Å². The highest BCUT2D eigenvalue weighted by Gasteiger charge is 2.30. The average Bonchev–Trinajstić information content (AvgIpc) is 2.93. The number of rotatable bonds is 3. The number of fused-ring (bicyclic) bond motifs is 1. The lowest BCUT2D eigenvalue weighted by molar-refractivity contribution is 0.170. The summed E-state index contributed by atoms with van der Waals surface area (Å²) < 4.78 is 32.5. The Hall–Kier alpha value is -2.13. The first kappa shape index (κ1) is 17.7. The Morgan fingerprint density at radius 2 is 1.92 bits per heavy atom. The lowest BCUT2D eigenvalue weighted by Gasteiger charge is -2.34. The maximum Gasteiger partial charge on any atom is 0.317 e. The van der Waals surface area contributed by atoms with Crippen molar-refractivity contribution < 1.29 is 17.6 Å². The summed E-state index contributed by atoms with van der Waals surface area (Å²) in [5.74, 6) is 0.495. The highest BCUT2D eigenvalue weighted by Crippen LogP contribution is 2.23. The first-order valence-electron chi connectivity index (χ1n) is 8.20. The SMILES string of the molecule is Cc1nc2cc(S(=O)(=O)N3CCN(C(=O)NC(C)C)CC3)ccc2o1. The zero-order valence-corrected chi connectivity index (χ0v) is 15.3. The number of amides is 2. The van der Waals surface area contributed by atoms with Gasteiger partial charge in [0.05, 0.1) is 4.90 Å². The van der Waals surface area contributed by atoms with Crippen LogP contribution in [0.4, 0.5) is 4.79 Å². The summed E-state index contributed by atoms with van der Waals surface area (Å²) in [5, 5.41) is 2.82. The standard InChI is InChI=1S/C16H22N4O4S/c1-11(2)17-16(21)19-6-8-20(9-7-19)25(22,23)13-4-5-15-14(10-13)18-12(3)24-15/h4-5,10-11H,6-9H2,1-3H3,(H,17,21). The second-order valence-corrected chi connectivity index (χ2v) is 8.30. The van der Waals surface area contributed by atoms with Crippen LogP contribution >= 0.6 is 0 Å². The van der Waals surface area contributed by atoms with E-state index in [0.717, 1.165) is 0 Å². The van der Waals surface area contributed by atoms with Crippen molar-refractivity contribution in [2.45, 2.75) is 31.7 Å². The lowest BCUT2D eigenvalue weighted by atomic mass is 10.3. The van der Waals surface area contributed by atoms with Gasteiger partial charge in [-0.25, -0.2) is 18.2 Å². The molecule has 0 bridgehead atoms. The molecule has 25 heavy (non-hydrogen) atoms. The van der Waals surface area contributed by atoms with Crippen LogP contribution in [0.15, 0.2) is 27.5 Å². The maximum atomic E-state index is 12.8. The quantitative estimate of drug-likeness (QED) is 0.889. The molecule has 2 aromatic rings. The van der Waals surface area contributed by atoms with Gasteiger partial charge in [0.25, 0.3) is 0 Å².